The molecule has 23 heavy (non-hydrogen) atoms. The van der Waals surface area contributed by atoms with E-state index in [4.69, 9.17) is 10.2 Å². The molecule has 1 rings (SSSR count). The summed E-state index contributed by atoms with van der Waals surface area (Å²) in [6, 6.07) is -1.10. The van der Waals surface area contributed by atoms with Crippen LogP contribution >= 0.6 is 0 Å². The summed E-state index contributed by atoms with van der Waals surface area (Å²) in [4.78, 5) is 38.2. The topological polar surface area (TPSA) is 188 Å². The molecule has 11 heteroatoms. The smallest absolute Gasteiger partial charge is 0.327 e. The number of nitrogens with one attached hydrogen (secondary N) is 4. The minimum Gasteiger partial charge on any atom is -0.480 e. The maximum Gasteiger partial charge on any atom is 0.327 e. The lowest BCUT2D eigenvalue weighted by Gasteiger charge is -2.19. The Morgan fingerprint density at radius 3 is 2.43 bits per heavy atom. The third kappa shape index (κ3) is 5.39. The lowest BCUT2D eigenvalue weighted by Crippen LogP contribution is -2.36. The van der Waals surface area contributed by atoms with Crippen molar-refractivity contribution < 1.29 is 25.2 Å². The largest absolute Gasteiger partial charge is 0.480 e. The molecule has 8 N–H and O–H groups in total. The zero-order chi connectivity index (χ0) is 17.6. The summed E-state index contributed by atoms with van der Waals surface area (Å²) in [5.41, 5.74) is -1.88. The Labute approximate surface area is 130 Å². The average molecular weight is 332 g/mol. The van der Waals surface area contributed by atoms with Crippen LogP contribution < -0.4 is 21.9 Å². The van der Waals surface area contributed by atoms with Gasteiger partial charge in [-0.3, -0.25) is 19.6 Å². The second-order valence-electron chi connectivity index (χ2n) is 4.89. The van der Waals surface area contributed by atoms with Gasteiger partial charge in [-0.05, 0) is 13.3 Å². The van der Waals surface area contributed by atoms with Gasteiger partial charge in [-0.25, -0.2) is 4.79 Å². The minimum atomic E-state index is -1.27. The number of aliphatic hydroxyl groups is 3. The number of aliphatic carboxylic acids is 1. The van der Waals surface area contributed by atoms with E-state index < -0.39 is 35.5 Å². The van der Waals surface area contributed by atoms with E-state index >= 15 is 0 Å². The molecule has 1 heterocycles. The van der Waals surface area contributed by atoms with Gasteiger partial charge in [-0.15, -0.1) is 0 Å². The number of aromatic amines is 2. The molecule has 0 aliphatic carbocycles. The number of aromatic nitrogens is 2. The van der Waals surface area contributed by atoms with Crippen molar-refractivity contribution in [2.75, 3.05) is 23.8 Å². The van der Waals surface area contributed by atoms with E-state index in [0.29, 0.717) is 0 Å². The van der Waals surface area contributed by atoms with Crippen molar-refractivity contribution in [3.63, 3.8) is 0 Å². The van der Waals surface area contributed by atoms with E-state index in [9.17, 15) is 24.6 Å². The maximum atomic E-state index is 11.8. The normalized spacial score (nSPS) is 14.8. The highest BCUT2D eigenvalue weighted by molar-refractivity contribution is 5.78. The highest BCUT2D eigenvalue weighted by Crippen LogP contribution is 2.13. The fourth-order valence-corrected chi connectivity index (χ4v) is 1.70. The monoisotopic (exact) mass is 332 g/mol. The number of hydrogen-bond donors (Lipinski definition) is 8. The number of carboxylic acids is 1. The lowest BCUT2D eigenvalue weighted by molar-refractivity contribution is -0.137. The predicted molar refractivity (Wildman–Crippen MR) is 80.6 cm³/mol. The molecular formula is C12H20N4O7. The van der Waals surface area contributed by atoms with Gasteiger partial charge in [0.25, 0.3) is 5.56 Å². The summed E-state index contributed by atoms with van der Waals surface area (Å²) in [5.74, 6) is -1.33. The zero-order valence-electron chi connectivity index (χ0n) is 12.4. The minimum absolute atomic E-state index is 0.0457. The van der Waals surface area contributed by atoms with Crippen molar-refractivity contribution >= 4 is 17.5 Å². The molecule has 0 spiro atoms. The van der Waals surface area contributed by atoms with Gasteiger partial charge in [0.1, 0.15) is 17.5 Å². The summed E-state index contributed by atoms with van der Waals surface area (Å²) in [7, 11) is 0. The fraction of sp³-hybridized carbons (Fsp3) is 0.583. The van der Waals surface area contributed by atoms with Crippen LogP contribution in [0.3, 0.4) is 0 Å². The van der Waals surface area contributed by atoms with E-state index in [1.165, 1.54) is 6.92 Å². The molecular weight excluding hydrogens is 312 g/mol. The summed E-state index contributed by atoms with van der Waals surface area (Å²) in [5, 5.41) is 41.7. The van der Waals surface area contributed by atoms with Crippen molar-refractivity contribution in [1.29, 1.82) is 0 Å². The first-order chi connectivity index (χ1) is 10.8. The second-order valence-corrected chi connectivity index (χ2v) is 4.89. The first-order valence-electron chi connectivity index (χ1n) is 6.83. The number of carbonyl (C=O) groups is 1. The number of H-pyrrole nitrogens is 2. The summed E-state index contributed by atoms with van der Waals surface area (Å²) in [6.45, 7) is 0.746. The van der Waals surface area contributed by atoms with E-state index in [1.54, 1.807) is 0 Å². The standard InChI is InChI=1S/C12H20N4O7/c1-5(11(21)22)14-8-9(15-12(23)16-10(8)20)13-4-7(19)6(18)2-3-17/h5-7,14,17-19H,2-4H2,1H3,(H,21,22)(H3,13,15,16,20,23)/t5?,6-,7+/m1/s1. The first-order valence-corrected chi connectivity index (χ1v) is 6.83. The Hall–Kier alpha value is -2.37. The van der Waals surface area contributed by atoms with Crippen LogP contribution in [0.4, 0.5) is 11.5 Å². The fourth-order valence-electron chi connectivity index (χ4n) is 1.70. The maximum absolute atomic E-state index is 11.8. The molecule has 0 aromatic carbocycles. The van der Waals surface area contributed by atoms with Crippen LogP contribution in [0.5, 0.6) is 0 Å². The molecule has 0 radical (unpaired) electrons. The van der Waals surface area contributed by atoms with Crippen LogP contribution in [-0.4, -0.2) is 67.8 Å². The summed E-state index contributed by atoms with van der Waals surface area (Å²) >= 11 is 0. The van der Waals surface area contributed by atoms with Crippen LogP contribution in [-0.2, 0) is 4.79 Å². The Bertz CT molecular complexity index is 641. The van der Waals surface area contributed by atoms with Gasteiger partial charge in [0.05, 0.1) is 12.2 Å². The van der Waals surface area contributed by atoms with Crippen LogP contribution in [0.25, 0.3) is 0 Å². The number of anilines is 2. The summed E-state index contributed by atoms with van der Waals surface area (Å²) in [6.07, 6.45) is -2.51. The molecule has 0 aliphatic rings. The number of carboxylic acid groups (broad SMARTS) is 1. The molecule has 11 nitrogen and oxygen atoms in total. The van der Waals surface area contributed by atoms with Gasteiger partial charge in [0.2, 0.25) is 0 Å². The van der Waals surface area contributed by atoms with Crippen LogP contribution in [0.15, 0.2) is 9.59 Å². The van der Waals surface area contributed by atoms with Crippen LogP contribution in [0.1, 0.15) is 13.3 Å². The Balaban J connectivity index is 2.94. The van der Waals surface area contributed by atoms with Gasteiger partial charge in [0, 0.05) is 13.2 Å². The van der Waals surface area contributed by atoms with Gasteiger partial charge in [-0.1, -0.05) is 0 Å². The molecule has 0 saturated carbocycles. The Kier molecular flexibility index (Phi) is 6.75. The van der Waals surface area contributed by atoms with Gasteiger partial charge in [-0.2, -0.15) is 0 Å². The molecule has 0 amide bonds. The quantitative estimate of drug-likeness (QED) is 0.241. The van der Waals surface area contributed by atoms with Gasteiger partial charge >= 0.3 is 11.7 Å². The number of rotatable bonds is 9. The molecule has 0 saturated heterocycles. The SMILES string of the molecule is CC(Nc1c(NC[C@H](O)[C@H](O)CCO)[nH]c(=O)[nH]c1=O)C(=O)O. The van der Waals surface area contributed by atoms with E-state index in [0.717, 1.165) is 0 Å². The molecule has 1 unspecified atom stereocenters. The van der Waals surface area contributed by atoms with Crippen molar-refractivity contribution in [1.82, 2.24) is 9.97 Å². The van der Waals surface area contributed by atoms with E-state index in [-0.39, 0.29) is 31.1 Å². The van der Waals surface area contributed by atoms with Crippen molar-refractivity contribution in [2.45, 2.75) is 31.6 Å². The molecule has 1 aromatic rings. The van der Waals surface area contributed by atoms with Crippen LogP contribution in [0.2, 0.25) is 0 Å². The van der Waals surface area contributed by atoms with Crippen molar-refractivity contribution in [3.8, 4) is 0 Å². The molecule has 1 aromatic heterocycles. The molecule has 130 valence electrons. The zero-order valence-corrected chi connectivity index (χ0v) is 12.4. The van der Waals surface area contributed by atoms with E-state index in [2.05, 4.69) is 15.6 Å². The van der Waals surface area contributed by atoms with Gasteiger partial charge in [0.15, 0.2) is 0 Å². The molecule has 3 atom stereocenters. The number of aliphatic hydroxyl groups excluding tert-OH is 3. The van der Waals surface area contributed by atoms with Crippen LogP contribution in [0, 0.1) is 0 Å². The van der Waals surface area contributed by atoms with E-state index in [1.807, 2.05) is 4.98 Å². The van der Waals surface area contributed by atoms with Crippen molar-refractivity contribution in [3.05, 3.63) is 20.8 Å². The van der Waals surface area contributed by atoms with Crippen molar-refractivity contribution in [2.24, 2.45) is 0 Å². The first kappa shape index (κ1) is 18.7. The third-order valence-electron chi connectivity index (χ3n) is 3.03. The average Bonchev–Trinajstić information content (AvgIpc) is 2.47. The highest BCUT2D eigenvalue weighted by Gasteiger charge is 2.19. The van der Waals surface area contributed by atoms with Gasteiger partial charge < -0.3 is 31.1 Å². The lowest BCUT2D eigenvalue weighted by atomic mass is 10.1. The molecule has 0 bridgehead atoms. The summed E-state index contributed by atoms with van der Waals surface area (Å²) < 4.78 is 0. The molecule has 0 fully saturated rings. The number of hydrogen-bond acceptors (Lipinski definition) is 8. The third-order valence-corrected chi connectivity index (χ3v) is 3.03. The molecule has 0 aliphatic heterocycles. The second kappa shape index (κ2) is 8.31. The Morgan fingerprint density at radius 2 is 1.87 bits per heavy atom. The predicted octanol–water partition coefficient (Wildman–Crippen LogP) is -2.54. The highest BCUT2D eigenvalue weighted by atomic mass is 16.4. The Morgan fingerprint density at radius 1 is 1.22 bits per heavy atom.